The number of amides is 1. The fraction of sp³-hybridized carbons (Fsp3) is 0.211. The van der Waals surface area contributed by atoms with Gasteiger partial charge in [-0.2, -0.15) is 0 Å². The number of anilines is 1. The molecule has 1 N–H and O–H groups in total. The molecule has 26 heavy (non-hydrogen) atoms. The second-order valence-electron chi connectivity index (χ2n) is 5.41. The first-order valence-electron chi connectivity index (χ1n) is 8.18. The van der Waals surface area contributed by atoms with Crippen LogP contribution in [0.2, 0.25) is 0 Å². The number of para-hydroxylation sites is 1. The third-order valence-corrected chi connectivity index (χ3v) is 4.52. The van der Waals surface area contributed by atoms with Crippen LogP contribution in [-0.2, 0) is 6.42 Å². The van der Waals surface area contributed by atoms with Crippen LogP contribution in [0.3, 0.4) is 0 Å². The minimum atomic E-state index is -0.362. The summed E-state index contributed by atoms with van der Waals surface area (Å²) < 4.78 is 10.7. The molecule has 0 fully saturated rings. The van der Waals surface area contributed by atoms with Crippen molar-refractivity contribution in [2.45, 2.75) is 18.2 Å². The van der Waals surface area contributed by atoms with Crippen molar-refractivity contribution in [1.29, 1.82) is 0 Å². The van der Waals surface area contributed by atoms with Crippen LogP contribution < -0.4 is 10.1 Å². The number of nitrogens with one attached hydrogen (secondary N) is 1. The highest BCUT2D eigenvalue weighted by atomic mass is 32.2. The van der Waals surface area contributed by atoms with E-state index in [2.05, 4.69) is 34.6 Å². The third-order valence-electron chi connectivity index (χ3n) is 3.63. The van der Waals surface area contributed by atoms with Crippen LogP contribution in [0.1, 0.15) is 28.7 Å². The van der Waals surface area contributed by atoms with E-state index in [1.54, 1.807) is 36.0 Å². The van der Waals surface area contributed by atoms with E-state index in [9.17, 15) is 4.79 Å². The third kappa shape index (κ3) is 4.43. The minimum absolute atomic E-state index is 0.0639. The molecule has 3 rings (SSSR count). The summed E-state index contributed by atoms with van der Waals surface area (Å²) in [5.74, 6) is 1.60. The maximum absolute atomic E-state index is 12.3. The van der Waals surface area contributed by atoms with Crippen LogP contribution in [0.4, 0.5) is 6.01 Å². The number of aromatic nitrogens is 2. The Morgan fingerprint density at radius 3 is 2.65 bits per heavy atom. The van der Waals surface area contributed by atoms with E-state index >= 15 is 0 Å². The molecule has 2 aromatic carbocycles. The van der Waals surface area contributed by atoms with Gasteiger partial charge in [0, 0.05) is 4.90 Å². The zero-order chi connectivity index (χ0) is 18.4. The van der Waals surface area contributed by atoms with E-state index < -0.39 is 0 Å². The molecule has 0 bridgehead atoms. The maximum atomic E-state index is 12.3. The second-order valence-corrected chi connectivity index (χ2v) is 6.75. The van der Waals surface area contributed by atoms with E-state index in [1.165, 1.54) is 12.0 Å². The fourth-order valence-electron chi connectivity index (χ4n) is 2.42. The molecule has 1 aromatic heterocycles. The van der Waals surface area contributed by atoms with Gasteiger partial charge in [0.2, 0.25) is 5.89 Å². The van der Waals surface area contributed by atoms with Gasteiger partial charge >= 0.3 is 6.01 Å². The van der Waals surface area contributed by atoms with E-state index in [4.69, 9.17) is 9.15 Å². The van der Waals surface area contributed by atoms with Crippen LogP contribution in [0.25, 0.3) is 0 Å². The number of nitrogens with zero attached hydrogens (tertiary/aromatic N) is 2. The first-order chi connectivity index (χ1) is 12.7. The van der Waals surface area contributed by atoms with Crippen LogP contribution >= 0.6 is 11.8 Å². The van der Waals surface area contributed by atoms with Crippen LogP contribution in [0, 0.1) is 0 Å². The van der Waals surface area contributed by atoms with Gasteiger partial charge in [-0.25, -0.2) is 0 Å². The standard InChI is InChI=1S/C19H19N3O3S/c1-3-26-14-10-8-13(9-11-14)12-17-21-22-19(25-17)20-18(23)15-6-4-5-7-16(15)24-2/h4-11H,3,12H2,1-2H3,(H,20,22,23). The SMILES string of the molecule is CCSc1ccc(Cc2nnc(NC(=O)c3ccccc3OC)o2)cc1. The Labute approximate surface area is 156 Å². The molecule has 3 aromatic rings. The van der Waals surface area contributed by atoms with E-state index in [1.807, 2.05) is 12.1 Å². The number of methoxy groups -OCH3 is 1. The predicted molar refractivity (Wildman–Crippen MR) is 101 cm³/mol. The summed E-state index contributed by atoms with van der Waals surface area (Å²) in [5.41, 5.74) is 1.47. The molecule has 0 saturated heterocycles. The Hall–Kier alpha value is -2.80. The number of rotatable bonds is 7. The average molecular weight is 369 g/mol. The zero-order valence-electron chi connectivity index (χ0n) is 14.6. The summed E-state index contributed by atoms with van der Waals surface area (Å²) >= 11 is 1.79. The lowest BCUT2D eigenvalue weighted by Crippen LogP contribution is -2.13. The number of hydrogen-bond acceptors (Lipinski definition) is 6. The number of ether oxygens (including phenoxy) is 1. The summed E-state index contributed by atoms with van der Waals surface area (Å²) in [7, 11) is 1.52. The van der Waals surface area contributed by atoms with Crippen molar-refractivity contribution < 1.29 is 13.9 Å². The molecular weight excluding hydrogens is 350 g/mol. The lowest BCUT2D eigenvalue weighted by Gasteiger charge is -2.06. The Morgan fingerprint density at radius 1 is 1.15 bits per heavy atom. The molecule has 1 heterocycles. The van der Waals surface area contributed by atoms with Crippen molar-refractivity contribution in [3.63, 3.8) is 0 Å². The van der Waals surface area contributed by atoms with Gasteiger partial charge in [-0.15, -0.1) is 16.9 Å². The molecule has 7 heteroatoms. The van der Waals surface area contributed by atoms with Gasteiger partial charge in [0.25, 0.3) is 5.91 Å². The number of benzene rings is 2. The van der Waals surface area contributed by atoms with E-state index in [0.717, 1.165) is 11.3 Å². The van der Waals surface area contributed by atoms with Gasteiger partial charge in [-0.1, -0.05) is 36.3 Å². The minimum Gasteiger partial charge on any atom is -0.496 e. The number of carbonyl (C=O) groups is 1. The molecule has 0 aliphatic carbocycles. The van der Waals surface area contributed by atoms with Gasteiger partial charge < -0.3 is 9.15 Å². The highest BCUT2D eigenvalue weighted by Crippen LogP contribution is 2.21. The van der Waals surface area contributed by atoms with Crippen molar-refractivity contribution in [2.24, 2.45) is 0 Å². The highest BCUT2D eigenvalue weighted by molar-refractivity contribution is 7.99. The molecule has 6 nitrogen and oxygen atoms in total. The molecule has 0 spiro atoms. The normalized spacial score (nSPS) is 10.5. The zero-order valence-corrected chi connectivity index (χ0v) is 15.4. The van der Waals surface area contributed by atoms with Crippen molar-refractivity contribution in [3.8, 4) is 5.75 Å². The summed E-state index contributed by atoms with van der Waals surface area (Å²) in [4.78, 5) is 13.6. The van der Waals surface area contributed by atoms with Gasteiger partial charge in [-0.3, -0.25) is 10.1 Å². The van der Waals surface area contributed by atoms with E-state index in [0.29, 0.717) is 23.6 Å². The Morgan fingerprint density at radius 2 is 1.92 bits per heavy atom. The first-order valence-corrected chi connectivity index (χ1v) is 9.16. The summed E-state index contributed by atoms with van der Waals surface area (Å²) in [6.07, 6.45) is 0.509. The Kier molecular flexibility index (Phi) is 5.91. The van der Waals surface area contributed by atoms with Crippen molar-refractivity contribution in [2.75, 3.05) is 18.2 Å². The lowest BCUT2D eigenvalue weighted by molar-refractivity contribution is 0.102. The molecule has 0 aliphatic heterocycles. The fourth-order valence-corrected chi connectivity index (χ4v) is 3.08. The molecule has 134 valence electrons. The van der Waals surface area contributed by atoms with Gasteiger partial charge in [0.1, 0.15) is 5.75 Å². The van der Waals surface area contributed by atoms with Crippen molar-refractivity contribution in [1.82, 2.24) is 10.2 Å². The Bertz CT molecular complexity index is 878. The largest absolute Gasteiger partial charge is 0.496 e. The van der Waals surface area contributed by atoms with Crippen LogP contribution in [0.5, 0.6) is 5.75 Å². The summed E-state index contributed by atoms with van der Waals surface area (Å²) in [5, 5.41) is 10.5. The number of carbonyl (C=O) groups excluding carboxylic acids is 1. The maximum Gasteiger partial charge on any atom is 0.322 e. The van der Waals surface area contributed by atoms with Crippen LogP contribution in [-0.4, -0.2) is 29.0 Å². The molecule has 0 radical (unpaired) electrons. The van der Waals surface area contributed by atoms with Crippen molar-refractivity contribution >= 4 is 23.7 Å². The summed E-state index contributed by atoms with van der Waals surface area (Å²) in [6.45, 7) is 2.12. The number of thioether (sulfide) groups is 1. The van der Waals surface area contributed by atoms with Gasteiger partial charge in [0.05, 0.1) is 19.1 Å². The molecule has 0 aliphatic rings. The van der Waals surface area contributed by atoms with E-state index in [-0.39, 0.29) is 11.9 Å². The van der Waals surface area contributed by atoms with Crippen LogP contribution in [0.15, 0.2) is 57.8 Å². The molecule has 1 amide bonds. The average Bonchev–Trinajstić information content (AvgIpc) is 3.10. The number of hydrogen-bond donors (Lipinski definition) is 1. The topological polar surface area (TPSA) is 77.2 Å². The van der Waals surface area contributed by atoms with Crippen molar-refractivity contribution in [3.05, 3.63) is 65.5 Å². The van der Waals surface area contributed by atoms with Gasteiger partial charge in [0.15, 0.2) is 0 Å². The monoisotopic (exact) mass is 369 g/mol. The molecule has 0 atom stereocenters. The smallest absolute Gasteiger partial charge is 0.322 e. The first kappa shape index (κ1) is 18.0. The molecular formula is C19H19N3O3S. The Balaban J connectivity index is 1.65. The predicted octanol–water partition coefficient (Wildman–Crippen LogP) is 4.03. The summed E-state index contributed by atoms with van der Waals surface area (Å²) in [6, 6.07) is 15.2. The quantitative estimate of drug-likeness (QED) is 0.634. The molecule has 0 saturated carbocycles. The lowest BCUT2D eigenvalue weighted by atomic mass is 10.1. The molecule has 0 unspecified atom stereocenters. The highest BCUT2D eigenvalue weighted by Gasteiger charge is 2.15. The van der Waals surface area contributed by atoms with Gasteiger partial charge in [-0.05, 0) is 35.6 Å². The second kappa shape index (κ2) is 8.53.